The van der Waals surface area contributed by atoms with Gasteiger partial charge in [0.1, 0.15) is 17.4 Å². The smallest absolute Gasteiger partial charge is 0.136 e. The minimum Gasteiger partial charge on any atom is -0.496 e. The van der Waals surface area contributed by atoms with Crippen molar-refractivity contribution in [1.29, 1.82) is 0 Å². The van der Waals surface area contributed by atoms with Crippen molar-refractivity contribution >= 4 is 5.82 Å². The summed E-state index contributed by atoms with van der Waals surface area (Å²) in [5.74, 6) is 2.05. The van der Waals surface area contributed by atoms with E-state index in [-0.39, 0.29) is 5.41 Å². The minimum atomic E-state index is -0.156. The fraction of sp³-hybridized carbons (Fsp3) is 0.412. The lowest BCUT2D eigenvalue weighted by molar-refractivity contribution is 0.412. The first-order valence-electron chi connectivity index (χ1n) is 7.03. The zero-order chi connectivity index (χ0) is 15.8. The highest BCUT2D eigenvalue weighted by Crippen LogP contribution is 2.34. The van der Waals surface area contributed by atoms with Gasteiger partial charge in [-0.3, -0.25) is 0 Å². The number of hydrogen-bond acceptors (Lipinski definition) is 4. The van der Waals surface area contributed by atoms with Gasteiger partial charge in [0.25, 0.3) is 0 Å². The van der Waals surface area contributed by atoms with Crippen molar-refractivity contribution in [2.24, 2.45) is 0 Å². The molecule has 4 nitrogen and oxygen atoms in total. The molecule has 2 N–H and O–H groups in total. The average molecular weight is 285 g/mol. The highest BCUT2D eigenvalue weighted by molar-refractivity contribution is 5.71. The Morgan fingerprint density at radius 3 is 2.33 bits per heavy atom. The summed E-state index contributed by atoms with van der Waals surface area (Å²) in [5, 5.41) is 0. The van der Waals surface area contributed by atoms with Gasteiger partial charge in [-0.05, 0) is 31.0 Å². The Labute approximate surface area is 126 Å². The fourth-order valence-electron chi connectivity index (χ4n) is 2.19. The molecule has 1 heterocycles. The molecule has 21 heavy (non-hydrogen) atoms. The molecule has 0 saturated carbocycles. The van der Waals surface area contributed by atoms with Gasteiger partial charge in [0, 0.05) is 17.0 Å². The van der Waals surface area contributed by atoms with E-state index in [1.165, 1.54) is 5.56 Å². The summed E-state index contributed by atoms with van der Waals surface area (Å²) >= 11 is 0. The van der Waals surface area contributed by atoms with Crippen molar-refractivity contribution in [3.8, 4) is 17.0 Å². The summed E-state index contributed by atoms with van der Waals surface area (Å²) in [4.78, 5) is 9.04. The van der Waals surface area contributed by atoms with Crippen LogP contribution in [0.25, 0.3) is 11.3 Å². The molecule has 4 heteroatoms. The maximum atomic E-state index is 5.96. The topological polar surface area (TPSA) is 61.0 Å². The van der Waals surface area contributed by atoms with E-state index >= 15 is 0 Å². The number of nitrogens with zero attached hydrogens (tertiary/aromatic N) is 2. The van der Waals surface area contributed by atoms with Gasteiger partial charge in [0.05, 0.1) is 12.8 Å². The Bertz CT molecular complexity index is 672. The first-order valence-corrected chi connectivity index (χ1v) is 7.03. The van der Waals surface area contributed by atoms with Crippen LogP contribution in [0.1, 0.15) is 37.7 Å². The zero-order valence-corrected chi connectivity index (χ0v) is 13.6. The summed E-state index contributed by atoms with van der Waals surface area (Å²) < 4.78 is 5.58. The van der Waals surface area contributed by atoms with Gasteiger partial charge in [0.15, 0.2) is 0 Å². The molecular formula is C17H23N3O. The molecule has 0 bridgehead atoms. The lowest BCUT2D eigenvalue weighted by Crippen LogP contribution is -2.17. The second-order valence-electron chi connectivity index (χ2n) is 6.34. The van der Waals surface area contributed by atoms with E-state index in [4.69, 9.17) is 10.5 Å². The molecule has 2 aromatic rings. The van der Waals surface area contributed by atoms with Crippen molar-refractivity contribution in [2.45, 2.75) is 40.0 Å². The molecule has 112 valence electrons. The predicted molar refractivity (Wildman–Crippen MR) is 86.6 cm³/mol. The Hall–Kier alpha value is -2.10. The molecule has 0 saturated heterocycles. The summed E-state index contributed by atoms with van der Waals surface area (Å²) in [6, 6.07) is 5.89. The van der Waals surface area contributed by atoms with Gasteiger partial charge in [-0.2, -0.15) is 0 Å². The van der Waals surface area contributed by atoms with Crippen LogP contribution in [0, 0.1) is 13.8 Å². The SMILES string of the molecule is COc1c(-c2cc(N)nc(C(C)(C)C)n2)ccc(C)c1C. The van der Waals surface area contributed by atoms with Crippen LogP contribution in [-0.4, -0.2) is 17.1 Å². The maximum absolute atomic E-state index is 5.96. The number of hydrogen-bond donors (Lipinski definition) is 1. The quantitative estimate of drug-likeness (QED) is 0.915. The fourth-order valence-corrected chi connectivity index (χ4v) is 2.19. The van der Waals surface area contributed by atoms with Crippen LogP contribution in [0.2, 0.25) is 0 Å². The molecule has 0 unspecified atom stereocenters. The van der Waals surface area contributed by atoms with Gasteiger partial charge in [-0.1, -0.05) is 26.8 Å². The molecule has 1 aromatic heterocycles. The molecule has 2 rings (SSSR count). The van der Waals surface area contributed by atoms with Crippen LogP contribution < -0.4 is 10.5 Å². The van der Waals surface area contributed by atoms with E-state index in [2.05, 4.69) is 43.7 Å². The standard InChI is InChI=1S/C17H23N3O/c1-10-7-8-12(15(21-6)11(10)2)13-9-14(18)20-16(19-13)17(3,4)5/h7-9H,1-6H3,(H2,18,19,20). The Kier molecular flexibility index (Phi) is 3.90. The lowest BCUT2D eigenvalue weighted by atomic mass is 9.95. The number of aryl methyl sites for hydroxylation is 1. The Morgan fingerprint density at radius 1 is 1.10 bits per heavy atom. The molecule has 0 atom stereocenters. The second kappa shape index (κ2) is 5.35. The van der Waals surface area contributed by atoms with E-state index in [0.717, 1.165) is 28.4 Å². The molecule has 1 aromatic carbocycles. The number of nitrogens with two attached hydrogens (primary N) is 1. The van der Waals surface area contributed by atoms with Crippen LogP contribution in [0.15, 0.2) is 18.2 Å². The van der Waals surface area contributed by atoms with Crippen molar-refractivity contribution in [3.05, 3.63) is 35.2 Å². The van der Waals surface area contributed by atoms with Gasteiger partial charge in [-0.25, -0.2) is 9.97 Å². The number of nitrogen functional groups attached to an aromatic ring is 1. The first-order chi connectivity index (χ1) is 9.74. The highest BCUT2D eigenvalue weighted by Gasteiger charge is 2.20. The molecule has 0 aliphatic rings. The van der Waals surface area contributed by atoms with Crippen LogP contribution in [0.3, 0.4) is 0 Å². The predicted octanol–water partition coefficient (Wildman–Crippen LogP) is 3.65. The molecule has 0 aliphatic heterocycles. The molecule has 0 aliphatic carbocycles. The third-order valence-electron chi connectivity index (χ3n) is 3.57. The van der Waals surface area contributed by atoms with Crippen LogP contribution in [-0.2, 0) is 5.41 Å². The summed E-state index contributed by atoms with van der Waals surface area (Å²) in [6.07, 6.45) is 0. The van der Waals surface area contributed by atoms with E-state index in [1.807, 2.05) is 13.0 Å². The number of anilines is 1. The van der Waals surface area contributed by atoms with Crippen molar-refractivity contribution in [3.63, 3.8) is 0 Å². The van der Waals surface area contributed by atoms with E-state index in [9.17, 15) is 0 Å². The number of methoxy groups -OCH3 is 1. The monoisotopic (exact) mass is 285 g/mol. The molecule has 0 spiro atoms. The maximum Gasteiger partial charge on any atom is 0.136 e. The third-order valence-corrected chi connectivity index (χ3v) is 3.57. The van der Waals surface area contributed by atoms with E-state index < -0.39 is 0 Å². The first kappa shape index (κ1) is 15.3. The van der Waals surface area contributed by atoms with Crippen molar-refractivity contribution in [2.75, 3.05) is 12.8 Å². The minimum absolute atomic E-state index is 0.156. The zero-order valence-electron chi connectivity index (χ0n) is 13.6. The second-order valence-corrected chi connectivity index (χ2v) is 6.34. The van der Waals surface area contributed by atoms with Crippen LogP contribution in [0.5, 0.6) is 5.75 Å². The molecule has 0 amide bonds. The van der Waals surface area contributed by atoms with Crippen LogP contribution >= 0.6 is 0 Å². The van der Waals surface area contributed by atoms with E-state index in [0.29, 0.717) is 5.82 Å². The largest absolute Gasteiger partial charge is 0.496 e. The van der Waals surface area contributed by atoms with Gasteiger partial charge >= 0.3 is 0 Å². The third kappa shape index (κ3) is 2.99. The number of benzene rings is 1. The molecule has 0 radical (unpaired) electrons. The van der Waals surface area contributed by atoms with Crippen molar-refractivity contribution < 1.29 is 4.74 Å². The van der Waals surface area contributed by atoms with E-state index in [1.54, 1.807) is 13.2 Å². The van der Waals surface area contributed by atoms with Gasteiger partial charge in [-0.15, -0.1) is 0 Å². The Balaban J connectivity index is 2.68. The lowest BCUT2D eigenvalue weighted by Gasteiger charge is -2.19. The number of rotatable bonds is 2. The number of aromatic nitrogens is 2. The average Bonchev–Trinajstić information content (AvgIpc) is 2.40. The Morgan fingerprint density at radius 2 is 1.76 bits per heavy atom. The number of ether oxygens (including phenoxy) is 1. The van der Waals surface area contributed by atoms with Gasteiger partial charge in [0.2, 0.25) is 0 Å². The van der Waals surface area contributed by atoms with Crippen molar-refractivity contribution in [1.82, 2.24) is 9.97 Å². The summed E-state index contributed by atoms with van der Waals surface area (Å²) in [7, 11) is 1.68. The van der Waals surface area contributed by atoms with Gasteiger partial charge < -0.3 is 10.5 Å². The molecule has 0 fully saturated rings. The molecular weight excluding hydrogens is 262 g/mol. The highest BCUT2D eigenvalue weighted by atomic mass is 16.5. The summed E-state index contributed by atoms with van der Waals surface area (Å²) in [6.45, 7) is 10.3. The summed E-state index contributed by atoms with van der Waals surface area (Å²) in [5.41, 5.74) is 9.85. The van der Waals surface area contributed by atoms with Crippen LogP contribution in [0.4, 0.5) is 5.82 Å². The normalized spacial score (nSPS) is 11.5.